The van der Waals surface area contributed by atoms with Crippen molar-refractivity contribution in [3.05, 3.63) is 11.4 Å². The van der Waals surface area contributed by atoms with Gasteiger partial charge in [0.05, 0.1) is 12.3 Å². The quantitative estimate of drug-likeness (QED) is 0.712. The molecule has 1 aromatic rings. The number of H-pyrrole nitrogens is 1. The van der Waals surface area contributed by atoms with Crippen molar-refractivity contribution in [2.45, 2.75) is 26.7 Å². The van der Waals surface area contributed by atoms with Gasteiger partial charge in [0.1, 0.15) is 0 Å². The van der Waals surface area contributed by atoms with Crippen LogP contribution in [0.1, 0.15) is 42.9 Å². The molecule has 0 aliphatic rings. The lowest BCUT2D eigenvalue weighted by Crippen LogP contribution is -2.08. The molecule has 1 N–H and O–H groups in total. The van der Waals surface area contributed by atoms with Crippen LogP contribution in [-0.4, -0.2) is 28.0 Å². The lowest BCUT2D eigenvalue weighted by atomic mass is 10.1. The van der Waals surface area contributed by atoms with Crippen molar-refractivity contribution in [2.24, 2.45) is 0 Å². The highest BCUT2D eigenvalue weighted by Gasteiger charge is 2.19. The number of carbonyl (C=O) groups excluding carboxylic acids is 1. The van der Waals surface area contributed by atoms with E-state index >= 15 is 0 Å². The standard InChI is InChI=1S/C8H13N3O2/c1-4-13-8(12)7-6(5(2)3)9-11-10-7/h5H,4H2,1-3H3,(H,9,10,11). The van der Waals surface area contributed by atoms with Crippen LogP contribution in [0, 0.1) is 0 Å². The van der Waals surface area contributed by atoms with E-state index in [0.29, 0.717) is 12.3 Å². The van der Waals surface area contributed by atoms with Crippen molar-refractivity contribution in [2.75, 3.05) is 6.61 Å². The van der Waals surface area contributed by atoms with E-state index in [1.807, 2.05) is 13.8 Å². The van der Waals surface area contributed by atoms with Gasteiger partial charge in [0, 0.05) is 0 Å². The van der Waals surface area contributed by atoms with Crippen LogP contribution < -0.4 is 0 Å². The molecule has 0 bridgehead atoms. The van der Waals surface area contributed by atoms with Gasteiger partial charge in [-0.15, -0.1) is 5.10 Å². The Morgan fingerprint density at radius 1 is 1.54 bits per heavy atom. The summed E-state index contributed by atoms with van der Waals surface area (Å²) in [7, 11) is 0. The second-order valence-electron chi connectivity index (χ2n) is 2.93. The normalized spacial score (nSPS) is 10.5. The Kier molecular flexibility index (Phi) is 3.00. The van der Waals surface area contributed by atoms with E-state index in [2.05, 4.69) is 15.4 Å². The molecule has 0 unspecified atom stereocenters. The minimum absolute atomic E-state index is 0.165. The summed E-state index contributed by atoms with van der Waals surface area (Å²) in [5, 5.41) is 10.0. The van der Waals surface area contributed by atoms with Crippen molar-refractivity contribution >= 4 is 5.97 Å². The van der Waals surface area contributed by atoms with Crippen molar-refractivity contribution < 1.29 is 9.53 Å². The van der Waals surface area contributed by atoms with Gasteiger partial charge in [-0.3, -0.25) is 0 Å². The smallest absolute Gasteiger partial charge is 0.360 e. The summed E-state index contributed by atoms with van der Waals surface area (Å²) in [5.74, 6) is -0.252. The fourth-order valence-electron chi connectivity index (χ4n) is 0.991. The largest absolute Gasteiger partial charge is 0.461 e. The number of aromatic nitrogens is 3. The summed E-state index contributed by atoms with van der Waals surface area (Å²) >= 11 is 0. The summed E-state index contributed by atoms with van der Waals surface area (Å²) in [4.78, 5) is 11.3. The van der Waals surface area contributed by atoms with Crippen LogP contribution in [-0.2, 0) is 4.74 Å². The first kappa shape index (κ1) is 9.70. The predicted molar refractivity (Wildman–Crippen MR) is 46.4 cm³/mol. The molecule has 1 rings (SSSR count). The molecule has 0 spiro atoms. The number of ether oxygens (including phenoxy) is 1. The van der Waals surface area contributed by atoms with Crippen LogP contribution in [0.3, 0.4) is 0 Å². The van der Waals surface area contributed by atoms with Gasteiger partial charge in [-0.05, 0) is 12.8 Å². The maximum atomic E-state index is 11.3. The van der Waals surface area contributed by atoms with Crippen LogP contribution in [0.4, 0.5) is 0 Å². The van der Waals surface area contributed by atoms with E-state index in [1.54, 1.807) is 6.92 Å². The maximum absolute atomic E-state index is 11.3. The van der Waals surface area contributed by atoms with Gasteiger partial charge < -0.3 is 4.74 Å². The van der Waals surface area contributed by atoms with Crippen molar-refractivity contribution in [3.63, 3.8) is 0 Å². The minimum atomic E-state index is -0.417. The first-order chi connectivity index (χ1) is 6.16. The van der Waals surface area contributed by atoms with E-state index in [0.717, 1.165) is 0 Å². The Bertz CT molecular complexity index is 293. The molecule has 72 valence electrons. The number of rotatable bonds is 3. The monoisotopic (exact) mass is 183 g/mol. The molecule has 0 aromatic carbocycles. The molecule has 0 fully saturated rings. The molecule has 0 aliphatic carbocycles. The molecule has 0 amide bonds. The molecular weight excluding hydrogens is 170 g/mol. The van der Waals surface area contributed by atoms with E-state index in [1.165, 1.54) is 0 Å². The van der Waals surface area contributed by atoms with E-state index < -0.39 is 5.97 Å². The van der Waals surface area contributed by atoms with Gasteiger partial charge in [0.2, 0.25) is 0 Å². The highest BCUT2D eigenvalue weighted by Crippen LogP contribution is 2.14. The molecule has 1 heterocycles. The molecular formula is C8H13N3O2. The fraction of sp³-hybridized carbons (Fsp3) is 0.625. The van der Waals surface area contributed by atoms with Crippen LogP contribution in [0.2, 0.25) is 0 Å². The zero-order valence-corrected chi connectivity index (χ0v) is 8.00. The summed E-state index contributed by atoms with van der Waals surface area (Å²) in [6.07, 6.45) is 0. The average Bonchev–Trinajstić information content (AvgIpc) is 2.52. The Balaban J connectivity index is 2.87. The second kappa shape index (κ2) is 4.02. The van der Waals surface area contributed by atoms with Crippen molar-refractivity contribution in [1.82, 2.24) is 15.4 Å². The Morgan fingerprint density at radius 3 is 2.77 bits per heavy atom. The molecule has 0 saturated carbocycles. The van der Waals surface area contributed by atoms with Crippen LogP contribution in [0.15, 0.2) is 0 Å². The number of aromatic amines is 1. The number of hydrogen-bond acceptors (Lipinski definition) is 4. The maximum Gasteiger partial charge on any atom is 0.360 e. The summed E-state index contributed by atoms with van der Waals surface area (Å²) in [6, 6.07) is 0. The third-order valence-electron chi connectivity index (χ3n) is 1.59. The summed E-state index contributed by atoms with van der Waals surface area (Å²) in [6.45, 7) is 6.00. The lowest BCUT2D eigenvalue weighted by Gasteiger charge is -2.02. The summed E-state index contributed by atoms with van der Waals surface area (Å²) < 4.78 is 4.82. The summed E-state index contributed by atoms with van der Waals surface area (Å²) in [5.41, 5.74) is 0.940. The molecule has 5 nitrogen and oxygen atoms in total. The van der Waals surface area contributed by atoms with E-state index in [-0.39, 0.29) is 11.6 Å². The Morgan fingerprint density at radius 2 is 2.23 bits per heavy atom. The minimum Gasteiger partial charge on any atom is -0.461 e. The highest BCUT2D eigenvalue weighted by atomic mass is 16.5. The third kappa shape index (κ3) is 2.05. The zero-order valence-electron chi connectivity index (χ0n) is 8.00. The molecule has 0 radical (unpaired) electrons. The third-order valence-corrected chi connectivity index (χ3v) is 1.59. The Hall–Kier alpha value is -1.39. The van der Waals surface area contributed by atoms with E-state index in [9.17, 15) is 4.79 Å². The first-order valence-corrected chi connectivity index (χ1v) is 4.24. The number of nitrogens with one attached hydrogen (secondary N) is 1. The predicted octanol–water partition coefficient (Wildman–Crippen LogP) is 1.10. The topological polar surface area (TPSA) is 67.9 Å². The van der Waals surface area contributed by atoms with Crippen LogP contribution in [0.25, 0.3) is 0 Å². The van der Waals surface area contributed by atoms with Crippen molar-refractivity contribution in [1.29, 1.82) is 0 Å². The molecule has 1 aromatic heterocycles. The molecule has 0 aliphatic heterocycles. The van der Waals surface area contributed by atoms with Crippen molar-refractivity contribution in [3.8, 4) is 0 Å². The van der Waals surface area contributed by atoms with E-state index in [4.69, 9.17) is 4.74 Å². The highest BCUT2D eigenvalue weighted by molar-refractivity contribution is 5.88. The molecule has 0 atom stereocenters. The SMILES string of the molecule is CCOC(=O)c1n[nH]nc1C(C)C. The number of hydrogen-bond donors (Lipinski definition) is 1. The molecule has 13 heavy (non-hydrogen) atoms. The van der Waals surface area contributed by atoms with Gasteiger partial charge in [-0.2, -0.15) is 10.3 Å². The van der Waals surface area contributed by atoms with Gasteiger partial charge in [0.15, 0.2) is 5.69 Å². The zero-order chi connectivity index (χ0) is 9.84. The van der Waals surface area contributed by atoms with Gasteiger partial charge >= 0.3 is 5.97 Å². The first-order valence-electron chi connectivity index (χ1n) is 4.24. The number of esters is 1. The van der Waals surface area contributed by atoms with Gasteiger partial charge in [0.25, 0.3) is 0 Å². The fourth-order valence-corrected chi connectivity index (χ4v) is 0.991. The Labute approximate surface area is 76.5 Å². The number of carbonyl (C=O) groups is 1. The lowest BCUT2D eigenvalue weighted by molar-refractivity contribution is 0.0517. The average molecular weight is 183 g/mol. The molecule has 0 saturated heterocycles. The molecule has 5 heteroatoms. The van der Waals surface area contributed by atoms with Crippen LogP contribution >= 0.6 is 0 Å². The van der Waals surface area contributed by atoms with Gasteiger partial charge in [-0.25, -0.2) is 4.79 Å². The number of nitrogens with zero attached hydrogens (tertiary/aromatic N) is 2. The van der Waals surface area contributed by atoms with Gasteiger partial charge in [-0.1, -0.05) is 13.8 Å². The second-order valence-corrected chi connectivity index (χ2v) is 2.93. The van der Waals surface area contributed by atoms with Crippen LogP contribution in [0.5, 0.6) is 0 Å².